The number of rotatable bonds is 1. The van der Waals surface area contributed by atoms with E-state index in [1.54, 1.807) is 31.1 Å². The number of aromatic amines is 1. The van der Waals surface area contributed by atoms with Crippen LogP contribution in [0.5, 0.6) is 0 Å². The molecule has 0 spiro atoms. The van der Waals surface area contributed by atoms with Crippen molar-refractivity contribution in [3.63, 3.8) is 0 Å². The number of alkyl halides is 3. The zero-order chi connectivity index (χ0) is 14.4. The van der Waals surface area contributed by atoms with Crippen molar-refractivity contribution in [3.8, 4) is 0 Å². The normalized spacial score (nSPS) is 11.9. The van der Waals surface area contributed by atoms with Crippen molar-refractivity contribution in [1.82, 2.24) is 4.98 Å². The summed E-state index contributed by atoms with van der Waals surface area (Å²) >= 11 is 0. The Balaban J connectivity index is 2.81. The summed E-state index contributed by atoms with van der Waals surface area (Å²) in [7, 11) is 3.60. The Bertz CT molecular complexity index is 687. The molecule has 0 unspecified atom stereocenters. The molecule has 0 radical (unpaired) electrons. The standard InChI is InChI=1S/C13H13F3N2O/c1-7-11(19)9-6-8(18(2)3)4-5-10(9)17-12(7)13(14,15)16/h4-6H,1-3H3,(H,17,19). The fraction of sp³-hybridized carbons (Fsp3) is 0.308. The van der Waals surface area contributed by atoms with Crippen LogP contribution in [0, 0.1) is 6.92 Å². The number of fused-ring (bicyclic) bond motifs is 1. The van der Waals surface area contributed by atoms with E-state index in [1.165, 1.54) is 13.0 Å². The average Bonchev–Trinajstić information content (AvgIpc) is 2.31. The van der Waals surface area contributed by atoms with Gasteiger partial charge in [-0.2, -0.15) is 13.2 Å². The minimum Gasteiger partial charge on any atom is -0.378 e. The van der Waals surface area contributed by atoms with Crippen LogP contribution in [0.2, 0.25) is 0 Å². The first-order chi connectivity index (χ1) is 8.71. The molecule has 0 saturated heterocycles. The number of H-pyrrole nitrogens is 1. The second-order valence-electron chi connectivity index (χ2n) is 4.58. The van der Waals surface area contributed by atoms with Gasteiger partial charge in [-0.25, -0.2) is 0 Å². The number of nitrogens with one attached hydrogen (secondary N) is 1. The Labute approximate surface area is 107 Å². The summed E-state index contributed by atoms with van der Waals surface area (Å²) in [6, 6.07) is 4.73. The zero-order valence-corrected chi connectivity index (χ0v) is 10.7. The molecular formula is C13H13F3N2O. The van der Waals surface area contributed by atoms with Gasteiger partial charge in [-0.1, -0.05) is 0 Å². The molecule has 19 heavy (non-hydrogen) atoms. The number of anilines is 1. The molecule has 2 aromatic rings. The van der Waals surface area contributed by atoms with Crippen LogP contribution in [-0.2, 0) is 6.18 Å². The maximum atomic E-state index is 12.8. The molecule has 0 aliphatic rings. The molecule has 0 bridgehead atoms. The van der Waals surface area contributed by atoms with E-state index >= 15 is 0 Å². The fourth-order valence-electron chi connectivity index (χ4n) is 1.93. The van der Waals surface area contributed by atoms with E-state index in [1.807, 2.05) is 0 Å². The van der Waals surface area contributed by atoms with Gasteiger partial charge in [0.05, 0.1) is 0 Å². The number of benzene rings is 1. The number of hydrogen-bond acceptors (Lipinski definition) is 2. The summed E-state index contributed by atoms with van der Waals surface area (Å²) in [5.74, 6) is 0. The van der Waals surface area contributed by atoms with Crippen molar-refractivity contribution in [1.29, 1.82) is 0 Å². The van der Waals surface area contributed by atoms with Crippen LogP contribution in [0.3, 0.4) is 0 Å². The van der Waals surface area contributed by atoms with Gasteiger partial charge >= 0.3 is 6.18 Å². The molecule has 1 heterocycles. The van der Waals surface area contributed by atoms with Gasteiger partial charge < -0.3 is 9.88 Å². The first kappa shape index (κ1) is 13.5. The summed E-state index contributed by atoms with van der Waals surface area (Å²) < 4.78 is 38.4. The highest BCUT2D eigenvalue weighted by Gasteiger charge is 2.34. The summed E-state index contributed by atoms with van der Waals surface area (Å²) in [5.41, 5.74) is -0.936. The highest BCUT2D eigenvalue weighted by atomic mass is 19.4. The third-order valence-corrected chi connectivity index (χ3v) is 3.02. The molecule has 1 aromatic heterocycles. The van der Waals surface area contributed by atoms with Crippen LogP contribution in [0.4, 0.5) is 18.9 Å². The topological polar surface area (TPSA) is 36.1 Å². The molecule has 3 nitrogen and oxygen atoms in total. The molecule has 0 fully saturated rings. The largest absolute Gasteiger partial charge is 0.431 e. The lowest BCUT2D eigenvalue weighted by Gasteiger charge is -2.15. The lowest BCUT2D eigenvalue weighted by Crippen LogP contribution is -2.19. The molecule has 1 aromatic carbocycles. The SMILES string of the molecule is Cc1c(C(F)(F)F)[nH]c2ccc(N(C)C)cc2c1=O. The van der Waals surface area contributed by atoms with Gasteiger partial charge in [0.25, 0.3) is 0 Å². The Morgan fingerprint density at radius 1 is 1.21 bits per heavy atom. The van der Waals surface area contributed by atoms with Crippen LogP contribution < -0.4 is 10.3 Å². The Kier molecular flexibility index (Phi) is 3.04. The molecule has 0 atom stereocenters. The molecule has 0 aliphatic carbocycles. The van der Waals surface area contributed by atoms with Gasteiger partial charge in [-0.3, -0.25) is 4.79 Å². The van der Waals surface area contributed by atoms with E-state index in [2.05, 4.69) is 4.98 Å². The minimum atomic E-state index is -4.56. The van der Waals surface area contributed by atoms with Gasteiger partial charge in [-0.15, -0.1) is 0 Å². The second-order valence-corrected chi connectivity index (χ2v) is 4.58. The van der Waals surface area contributed by atoms with Gasteiger partial charge in [0.15, 0.2) is 5.43 Å². The molecular weight excluding hydrogens is 257 g/mol. The molecule has 0 aliphatic heterocycles. The summed E-state index contributed by atoms with van der Waals surface area (Å²) in [6.07, 6.45) is -4.56. The van der Waals surface area contributed by atoms with Gasteiger partial charge in [-0.05, 0) is 25.1 Å². The highest BCUT2D eigenvalue weighted by molar-refractivity contribution is 5.83. The molecule has 0 amide bonds. The molecule has 2 rings (SSSR count). The van der Waals surface area contributed by atoms with E-state index in [4.69, 9.17) is 0 Å². The Morgan fingerprint density at radius 2 is 1.84 bits per heavy atom. The monoisotopic (exact) mass is 270 g/mol. The van der Waals surface area contributed by atoms with E-state index in [9.17, 15) is 18.0 Å². The average molecular weight is 270 g/mol. The Morgan fingerprint density at radius 3 is 2.37 bits per heavy atom. The zero-order valence-electron chi connectivity index (χ0n) is 10.7. The van der Waals surface area contributed by atoms with Crippen molar-refractivity contribution in [3.05, 3.63) is 39.7 Å². The Hall–Kier alpha value is -1.98. The quantitative estimate of drug-likeness (QED) is 0.865. The van der Waals surface area contributed by atoms with Crippen molar-refractivity contribution in [2.75, 3.05) is 19.0 Å². The van der Waals surface area contributed by atoms with Gasteiger partial charge in [0.1, 0.15) is 5.69 Å². The smallest absolute Gasteiger partial charge is 0.378 e. The van der Waals surface area contributed by atoms with Gasteiger partial charge in [0.2, 0.25) is 0 Å². The maximum absolute atomic E-state index is 12.8. The molecule has 6 heteroatoms. The van der Waals surface area contributed by atoms with Crippen LogP contribution in [0.25, 0.3) is 10.9 Å². The van der Waals surface area contributed by atoms with Crippen molar-refractivity contribution in [2.45, 2.75) is 13.1 Å². The van der Waals surface area contributed by atoms with Crippen molar-refractivity contribution < 1.29 is 13.2 Å². The van der Waals surface area contributed by atoms with Crippen LogP contribution in [-0.4, -0.2) is 19.1 Å². The number of pyridine rings is 1. The van der Waals surface area contributed by atoms with E-state index in [0.717, 1.165) is 5.69 Å². The van der Waals surface area contributed by atoms with Crippen LogP contribution >= 0.6 is 0 Å². The third-order valence-electron chi connectivity index (χ3n) is 3.02. The van der Waals surface area contributed by atoms with E-state index in [0.29, 0.717) is 0 Å². The minimum absolute atomic E-state index is 0.188. The van der Waals surface area contributed by atoms with E-state index < -0.39 is 17.3 Å². The molecule has 0 saturated carbocycles. The summed E-state index contributed by atoms with van der Waals surface area (Å²) in [6.45, 7) is 1.18. The predicted octanol–water partition coefficient (Wildman–Crippen LogP) is 2.92. The fourth-order valence-corrected chi connectivity index (χ4v) is 1.93. The first-order valence-corrected chi connectivity index (χ1v) is 5.63. The van der Waals surface area contributed by atoms with Crippen LogP contribution in [0.1, 0.15) is 11.3 Å². The summed E-state index contributed by atoms with van der Waals surface area (Å²) in [5, 5.41) is 0.261. The highest BCUT2D eigenvalue weighted by Crippen LogP contribution is 2.30. The summed E-state index contributed by atoms with van der Waals surface area (Å²) in [4.78, 5) is 16.1. The first-order valence-electron chi connectivity index (χ1n) is 5.63. The number of aromatic nitrogens is 1. The lowest BCUT2D eigenvalue weighted by atomic mass is 10.1. The third kappa shape index (κ3) is 2.30. The van der Waals surface area contributed by atoms with Crippen LogP contribution in [0.15, 0.2) is 23.0 Å². The van der Waals surface area contributed by atoms with E-state index in [-0.39, 0.29) is 16.5 Å². The number of hydrogen-bond donors (Lipinski definition) is 1. The molecule has 102 valence electrons. The lowest BCUT2D eigenvalue weighted by molar-refractivity contribution is -0.141. The second kappa shape index (κ2) is 4.29. The predicted molar refractivity (Wildman–Crippen MR) is 68.6 cm³/mol. The number of halogens is 3. The molecule has 1 N–H and O–H groups in total. The van der Waals surface area contributed by atoms with Gasteiger partial charge in [0, 0.05) is 36.2 Å². The maximum Gasteiger partial charge on any atom is 0.431 e. The van der Waals surface area contributed by atoms with Crippen molar-refractivity contribution >= 4 is 16.6 Å². The number of nitrogens with zero attached hydrogens (tertiary/aromatic N) is 1. The van der Waals surface area contributed by atoms with Crippen molar-refractivity contribution in [2.24, 2.45) is 0 Å².